The fourth-order valence-electron chi connectivity index (χ4n) is 1.86. The zero-order chi connectivity index (χ0) is 15.1. The van der Waals surface area contributed by atoms with E-state index in [1.54, 1.807) is 12.3 Å². The molecule has 2 N–H and O–H groups in total. The molecule has 0 radical (unpaired) electrons. The van der Waals surface area contributed by atoms with Crippen LogP contribution in [-0.2, 0) is 6.54 Å². The first kappa shape index (κ1) is 14.6. The third kappa shape index (κ3) is 4.07. The van der Waals surface area contributed by atoms with Crippen LogP contribution in [0.3, 0.4) is 0 Å². The normalized spacial score (nSPS) is 11.3. The van der Waals surface area contributed by atoms with Gasteiger partial charge in [0.2, 0.25) is 0 Å². The molecule has 0 spiro atoms. The van der Waals surface area contributed by atoms with E-state index in [0.717, 1.165) is 16.8 Å². The highest BCUT2D eigenvalue weighted by Gasteiger charge is 2.00. The average molecular weight is 279 g/mol. The molecular weight excluding hydrogens is 262 g/mol. The van der Waals surface area contributed by atoms with Crippen molar-refractivity contribution in [1.82, 2.24) is 0 Å². The summed E-state index contributed by atoms with van der Waals surface area (Å²) in [5, 5.41) is 7.07. The summed E-state index contributed by atoms with van der Waals surface area (Å²) in [4.78, 5) is 8.40. The molecule has 0 saturated carbocycles. The van der Waals surface area contributed by atoms with E-state index >= 15 is 0 Å². The predicted molar refractivity (Wildman–Crippen MR) is 86.8 cm³/mol. The molecule has 0 amide bonds. The summed E-state index contributed by atoms with van der Waals surface area (Å²) in [5.74, 6) is 5.06. The summed E-state index contributed by atoms with van der Waals surface area (Å²) < 4.78 is 0. The molecule has 5 nitrogen and oxygen atoms in total. The van der Waals surface area contributed by atoms with Crippen molar-refractivity contribution in [1.29, 1.82) is 0 Å². The molecule has 5 heteroatoms. The quantitative estimate of drug-likeness (QED) is 0.383. The lowest BCUT2D eigenvalue weighted by Gasteiger charge is -2.01. The van der Waals surface area contributed by atoms with Crippen LogP contribution in [0.25, 0.3) is 0 Å². The maximum absolute atomic E-state index is 5.06. The van der Waals surface area contributed by atoms with Crippen molar-refractivity contribution in [2.75, 3.05) is 0 Å². The van der Waals surface area contributed by atoms with Crippen molar-refractivity contribution >= 4 is 24.3 Å². The molecule has 0 bridgehead atoms. The number of rotatable bonds is 5. The number of nitrogens with two attached hydrogens (primary N) is 1. The van der Waals surface area contributed by atoms with Crippen LogP contribution in [0.15, 0.2) is 62.8 Å². The van der Waals surface area contributed by atoms with Gasteiger partial charge in [-0.25, -0.2) is 0 Å². The molecule has 2 aromatic carbocycles. The Morgan fingerprint density at radius 3 is 2.57 bits per heavy atom. The van der Waals surface area contributed by atoms with Gasteiger partial charge in [0.05, 0.1) is 17.9 Å². The predicted octanol–water partition coefficient (Wildman–Crippen LogP) is 3.90. The van der Waals surface area contributed by atoms with E-state index in [2.05, 4.69) is 58.2 Å². The Morgan fingerprint density at radius 2 is 1.90 bits per heavy atom. The van der Waals surface area contributed by atoms with Gasteiger partial charge in [-0.15, -0.1) is 5.11 Å². The summed E-state index contributed by atoms with van der Waals surface area (Å²) >= 11 is 0. The number of nitrogens with zero attached hydrogens (tertiary/aromatic N) is 4. The summed E-state index contributed by atoms with van der Waals surface area (Å²) in [6, 6.07) is 13.7. The van der Waals surface area contributed by atoms with Crippen molar-refractivity contribution < 1.29 is 0 Å². The maximum atomic E-state index is 5.06. The van der Waals surface area contributed by atoms with Crippen LogP contribution in [0.4, 0.5) is 11.4 Å². The lowest BCUT2D eigenvalue weighted by atomic mass is 10.1. The number of aryl methyl sites for hydroxylation is 1. The van der Waals surface area contributed by atoms with Gasteiger partial charge in [-0.2, -0.15) is 0 Å². The van der Waals surface area contributed by atoms with Gasteiger partial charge in [0.25, 0.3) is 0 Å². The fourth-order valence-corrected chi connectivity index (χ4v) is 1.86. The number of hydrogen-bond acceptors (Lipinski definition) is 4. The van der Waals surface area contributed by atoms with Crippen molar-refractivity contribution in [2.24, 2.45) is 26.2 Å². The second-order valence-electron chi connectivity index (χ2n) is 4.57. The van der Waals surface area contributed by atoms with E-state index in [9.17, 15) is 0 Å². The molecule has 0 aliphatic carbocycles. The Balaban J connectivity index is 2.17. The van der Waals surface area contributed by atoms with Crippen LogP contribution < -0.4 is 5.84 Å². The molecule has 0 atom stereocenters. The van der Waals surface area contributed by atoms with Crippen LogP contribution in [0.5, 0.6) is 0 Å². The van der Waals surface area contributed by atoms with Crippen molar-refractivity contribution in [3.63, 3.8) is 0 Å². The second kappa shape index (κ2) is 7.09. The molecule has 0 heterocycles. The Kier molecular flexibility index (Phi) is 4.93. The molecule has 0 unspecified atom stereocenters. The maximum Gasteiger partial charge on any atom is 0.0882 e. The van der Waals surface area contributed by atoms with Crippen molar-refractivity contribution in [3.8, 4) is 0 Å². The Labute approximate surface area is 123 Å². The fraction of sp³-hybridized carbons (Fsp3) is 0.125. The van der Waals surface area contributed by atoms with E-state index in [1.807, 2.05) is 12.1 Å². The molecule has 106 valence electrons. The lowest BCUT2D eigenvalue weighted by molar-refractivity contribution is 1.06. The van der Waals surface area contributed by atoms with Crippen LogP contribution in [0.1, 0.15) is 16.7 Å². The highest BCUT2D eigenvalue weighted by atomic mass is 15.3. The van der Waals surface area contributed by atoms with Crippen LogP contribution in [0.2, 0.25) is 0 Å². The Bertz CT molecular complexity index is 672. The van der Waals surface area contributed by atoms with Gasteiger partial charge in [0, 0.05) is 11.8 Å². The summed E-state index contributed by atoms with van der Waals surface area (Å²) in [6.45, 7) is 6.23. The van der Waals surface area contributed by atoms with Gasteiger partial charge in [-0.05, 0) is 37.4 Å². The van der Waals surface area contributed by atoms with Gasteiger partial charge in [0.15, 0.2) is 0 Å². The third-order valence-electron chi connectivity index (χ3n) is 2.98. The number of benzene rings is 2. The number of hydrogen-bond donors (Lipinski definition) is 1. The molecule has 0 aliphatic rings. The van der Waals surface area contributed by atoms with Gasteiger partial charge in [-0.3, -0.25) is 9.98 Å². The summed E-state index contributed by atoms with van der Waals surface area (Å²) in [6.07, 6.45) is 1.76. The first-order valence-electron chi connectivity index (χ1n) is 6.50. The molecule has 2 rings (SSSR count). The highest BCUT2D eigenvalue weighted by molar-refractivity contribution is 5.88. The highest BCUT2D eigenvalue weighted by Crippen LogP contribution is 2.23. The molecule has 0 fully saturated rings. The molecule has 0 saturated heterocycles. The SMILES string of the molecule is C=Nc1ccc(N=NN)cc1C=NCc1ccc(C)cc1. The Morgan fingerprint density at radius 1 is 1.14 bits per heavy atom. The van der Waals surface area contributed by atoms with E-state index in [4.69, 9.17) is 5.84 Å². The zero-order valence-corrected chi connectivity index (χ0v) is 11.9. The van der Waals surface area contributed by atoms with E-state index in [-0.39, 0.29) is 0 Å². The lowest BCUT2D eigenvalue weighted by Crippen LogP contribution is -1.86. The van der Waals surface area contributed by atoms with E-state index < -0.39 is 0 Å². The monoisotopic (exact) mass is 279 g/mol. The minimum absolute atomic E-state index is 0.611. The minimum atomic E-state index is 0.611. The topological polar surface area (TPSA) is 75.5 Å². The second-order valence-corrected chi connectivity index (χ2v) is 4.57. The first-order chi connectivity index (χ1) is 10.2. The van der Waals surface area contributed by atoms with Gasteiger partial charge < -0.3 is 5.84 Å². The standard InChI is InChI=1S/C16H17N5/c1-12-3-5-13(6-4-12)10-19-11-14-9-15(20-21-17)7-8-16(14)18-2/h3-9,11H,2,10H2,1H3,(H2,17,20). The van der Waals surface area contributed by atoms with Crippen molar-refractivity contribution in [3.05, 3.63) is 59.2 Å². The molecule has 2 aromatic rings. The molecular formula is C16H17N5. The number of aliphatic imine (C=N–C) groups is 2. The van der Waals surface area contributed by atoms with Crippen LogP contribution in [0, 0.1) is 6.92 Å². The summed E-state index contributed by atoms with van der Waals surface area (Å²) in [5.41, 5.74) is 4.63. The smallest absolute Gasteiger partial charge is 0.0882 e. The molecule has 0 aliphatic heterocycles. The third-order valence-corrected chi connectivity index (χ3v) is 2.98. The summed E-state index contributed by atoms with van der Waals surface area (Å²) in [7, 11) is 0. The van der Waals surface area contributed by atoms with Crippen LogP contribution in [-0.4, -0.2) is 12.9 Å². The van der Waals surface area contributed by atoms with E-state index in [0.29, 0.717) is 12.2 Å². The average Bonchev–Trinajstić information content (AvgIpc) is 2.50. The Hall–Kier alpha value is -2.82. The van der Waals surface area contributed by atoms with Crippen LogP contribution >= 0.6 is 0 Å². The molecule has 0 aromatic heterocycles. The van der Waals surface area contributed by atoms with E-state index in [1.165, 1.54) is 5.56 Å². The minimum Gasteiger partial charge on any atom is -0.305 e. The van der Waals surface area contributed by atoms with Gasteiger partial charge >= 0.3 is 0 Å². The molecule has 21 heavy (non-hydrogen) atoms. The van der Waals surface area contributed by atoms with Crippen molar-refractivity contribution in [2.45, 2.75) is 13.5 Å². The largest absolute Gasteiger partial charge is 0.305 e. The van der Waals surface area contributed by atoms with Gasteiger partial charge in [-0.1, -0.05) is 35.1 Å². The first-order valence-corrected chi connectivity index (χ1v) is 6.50. The zero-order valence-electron chi connectivity index (χ0n) is 11.9. The van der Waals surface area contributed by atoms with Gasteiger partial charge in [0.1, 0.15) is 0 Å².